The van der Waals surface area contributed by atoms with Crippen LogP contribution in [0.25, 0.3) is 0 Å². The Morgan fingerprint density at radius 3 is 2.12 bits per heavy atom. The third-order valence-corrected chi connectivity index (χ3v) is 2.90. The second-order valence-electron chi connectivity index (χ2n) is 4.54. The van der Waals surface area contributed by atoms with Crippen molar-refractivity contribution in [3.8, 4) is 5.75 Å². The van der Waals surface area contributed by atoms with Crippen molar-refractivity contribution in [3.63, 3.8) is 0 Å². The molecule has 1 rings (SSSR count). The maximum atomic E-state index is 5.63. The molecule has 1 aromatic carbocycles. The minimum Gasteiger partial charge on any atom is -0.494 e. The number of rotatable bonds is 9. The number of hydrogen-bond acceptors (Lipinski definition) is 1. The molecule has 0 spiro atoms. The number of benzene rings is 1. The first-order valence-corrected chi connectivity index (χ1v) is 6.81. The van der Waals surface area contributed by atoms with Gasteiger partial charge in [-0.2, -0.15) is 0 Å². The normalized spacial score (nSPS) is 10.5. The molecule has 0 aromatic heterocycles. The molecule has 2 radical (unpaired) electrons. The Balaban J connectivity index is 1.95. The molecule has 0 aliphatic carbocycles. The van der Waals surface area contributed by atoms with Gasteiger partial charge in [0.25, 0.3) is 0 Å². The van der Waals surface area contributed by atoms with E-state index < -0.39 is 0 Å². The Labute approximate surface area is 106 Å². The highest BCUT2D eigenvalue weighted by Gasteiger charge is 1.94. The van der Waals surface area contributed by atoms with E-state index in [2.05, 4.69) is 6.92 Å². The molecule has 0 heterocycles. The van der Waals surface area contributed by atoms with Crippen LogP contribution in [0.5, 0.6) is 5.75 Å². The second kappa shape index (κ2) is 9.09. The van der Waals surface area contributed by atoms with Gasteiger partial charge in [0.2, 0.25) is 0 Å². The van der Waals surface area contributed by atoms with Crippen LogP contribution in [0.4, 0.5) is 0 Å². The van der Waals surface area contributed by atoms with Crippen LogP contribution in [0.1, 0.15) is 57.4 Å². The van der Waals surface area contributed by atoms with E-state index in [1.807, 2.05) is 24.3 Å². The molecule has 17 heavy (non-hydrogen) atoms. The van der Waals surface area contributed by atoms with Crippen LogP contribution in [0.2, 0.25) is 0 Å². The lowest BCUT2D eigenvalue weighted by Gasteiger charge is -2.06. The molecule has 0 amide bonds. The summed E-state index contributed by atoms with van der Waals surface area (Å²) in [6, 6.07) is 7.60. The fourth-order valence-electron chi connectivity index (χ4n) is 1.81. The minimum atomic E-state index is 0.785. The zero-order chi connectivity index (χ0) is 12.3. The maximum absolute atomic E-state index is 5.63. The van der Waals surface area contributed by atoms with Gasteiger partial charge in [-0.05, 0) is 31.0 Å². The standard InChI is InChI=1S/C16H24O/c1-3-4-5-6-7-8-9-14-17-16-12-10-15(2)11-13-16/h2,10-13H,3-9,14H2,1H3. The molecule has 0 fully saturated rings. The molecule has 0 saturated carbocycles. The van der Waals surface area contributed by atoms with Gasteiger partial charge in [0, 0.05) is 0 Å². The molecule has 0 N–H and O–H groups in total. The van der Waals surface area contributed by atoms with Crippen molar-refractivity contribution in [2.45, 2.75) is 51.9 Å². The monoisotopic (exact) mass is 232 g/mol. The Morgan fingerprint density at radius 1 is 0.882 bits per heavy atom. The summed E-state index contributed by atoms with van der Waals surface area (Å²) in [7, 11) is 0. The SMILES string of the molecule is [CH]c1ccc(OCCCCCCCCC)cc1. The summed E-state index contributed by atoms with van der Waals surface area (Å²) in [5.41, 5.74) is 0.785. The lowest BCUT2D eigenvalue weighted by Crippen LogP contribution is -1.97. The van der Waals surface area contributed by atoms with E-state index in [4.69, 9.17) is 11.7 Å². The highest BCUT2D eigenvalue weighted by atomic mass is 16.5. The molecule has 0 aliphatic rings. The number of unbranched alkanes of at least 4 members (excludes halogenated alkanes) is 6. The Morgan fingerprint density at radius 2 is 1.47 bits per heavy atom. The molecule has 0 bridgehead atoms. The molecule has 0 unspecified atom stereocenters. The van der Waals surface area contributed by atoms with Crippen LogP contribution in [-0.4, -0.2) is 6.61 Å². The fraction of sp³-hybridized carbons (Fsp3) is 0.562. The Bertz CT molecular complexity index is 276. The summed E-state index contributed by atoms with van der Waals surface area (Å²) in [6.07, 6.45) is 9.22. The maximum Gasteiger partial charge on any atom is 0.119 e. The van der Waals surface area contributed by atoms with Crippen LogP contribution in [0.15, 0.2) is 24.3 Å². The van der Waals surface area contributed by atoms with E-state index in [1.165, 1.54) is 38.5 Å². The predicted molar refractivity (Wildman–Crippen MR) is 73.3 cm³/mol. The Kier molecular flexibility index (Phi) is 7.53. The average Bonchev–Trinajstić information content (AvgIpc) is 2.35. The first-order valence-electron chi connectivity index (χ1n) is 6.81. The van der Waals surface area contributed by atoms with Crippen LogP contribution < -0.4 is 4.74 Å². The molecule has 94 valence electrons. The third kappa shape index (κ3) is 7.04. The first kappa shape index (κ1) is 14.1. The van der Waals surface area contributed by atoms with Crippen LogP contribution in [0, 0.1) is 6.92 Å². The van der Waals surface area contributed by atoms with Crippen molar-refractivity contribution >= 4 is 0 Å². The van der Waals surface area contributed by atoms with Crippen LogP contribution in [0.3, 0.4) is 0 Å². The molecule has 1 heteroatoms. The Hall–Kier alpha value is -0.980. The van der Waals surface area contributed by atoms with Crippen LogP contribution in [-0.2, 0) is 0 Å². The van der Waals surface area contributed by atoms with Crippen molar-refractivity contribution < 1.29 is 4.74 Å². The van der Waals surface area contributed by atoms with Gasteiger partial charge in [0.15, 0.2) is 0 Å². The summed E-state index contributed by atoms with van der Waals surface area (Å²) in [4.78, 5) is 0. The molecule has 0 saturated heterocycles. The smallest absolute Gasteiger partial charge is 0.119 e. The molecule has 0 atom stereocenters. The van der Waals surface area contributed by atoms with Gasteiger partial charge in [0.1, 0.15) is 5.75 Å². The van der Waals surface area contributed by atoms with Gasteiger partial charge in [-0.25, -0.2) is 0 Å². The van der Waals surface area contributed by atoms with E-state index in [-0.39, 0.29) is 0 Å². The van der Waals surface area contributed by atoms with E-state index in [9.17, 15) is 0 Å². The summed E-state index contributed by atoms with van der Waals surface area (Å²) in [5, 5.41) is 0. The van der Waals surface area contributed by atoms with E-state index in [1.54, 1.807) is 0 Å². The molecular formula is C16H24O. The first-order chi connectivity index (χ1) is 8.33. The quantitative estimate of drug-likeness (QED) is 0.552. The van der Waals surface area contributed by atoms with Crippen molar-refractivity contribution in [2.24, 2.45) is 0 Å². The van der Waals surface area contributed by atoms with E-state index in [0.29, 0.717) is 0 Å². The summed E-state index contributed by atoms with van der Waals surface area (Å²) < 4.78 is 5.63. The highest BCUT2D eigenvalue weighted by Crippen LogP contribution is 2.12. The van der Waals surface area contributed by atoms with E-state index >= 15 is 0 Å². The zero-order valence-corrected chi connectivity index (χ0v) is 11.0. The minimum absolute atomic E-state index is 0.785. The second-order valence-corrected chi connectivity index (χ2v) is 4.54. The number of ether oxygens (including phenoxy) is 1. The predicted octanol–water partition coefficient (Wildman–Crippen LogP) is 4.88. The topological polar surface area (TPSA) is 9.23 Å². The van der Waals surface area contributed by atoms with Crippen molar-refractivity contribution in [3.05, 3.63) is 36.8 Å². The zero-order valence-electron chi connectivity index (χ0n) is 11.0. The lowest BCUT2D eigenvalue weighted by molar-refractivity contribution is 0.304. The average molecular weight is 232 g/mol. The largest absolute Gasteiger partial charge is 0.494 e. The van der Waals surface area contributed by atoms with Crippen molar-refractivity contribution in [2.75, 3.05) is 6.61 Å². The molecular weight excluding hydrogens is 208 g/mol. The molecule has 1 aromatic rings. The van der Waals surface area contributed by atoms with Crippen LogP contribution >= 0.6 is 0 Å². The van der Waals surface area contributed by atoms with Gasteiger partial charge >= 0.3 is 0 Å². The highest BCUT2D eigenvalue weighted by molar-refractivity contribution is 5.28. The van der Waals surface area contributed by atoms with Crippen molar-refractivity contribution in [1.29, 1.82) is 0 Å². The van der Waals surface area contributed by atoms with Gasteiger partial charge in [-0.3, -0.25) is 0 Å². The van der Waals surface area contributed by atoms with Gasteiger partial charge < -0.3 is 4.74 Å². The van der Waals surface area contributed by atoms with Gasteiger partial charge in [-0.1, -0.05) is 57.6 Å². The summed E-state index contributed by atoms with van der Waals surface area (Å²) >= 11 is 0. The van der Waals surface area contributed by atoms with Gasteiger partial charge in [0.05, 0.1) is 6.61 Å². The third-order valence-electron chi connectivity index (χ3n) is 2.90. The molecule has 0 aliphatic heterocycles. The van der Waals surface area contributed by atoms with E-state index in [0.717, 1.165) is 24.3 Å². The number of hydrogen-bond donors (Lipinski definition) is 0. The summed E-state index contributed by atoms with van der Waals surface area (Å²) in [6.45, 7) is 8.67. The lowest BCUT2D eigenvalue weighted by atomic mass is 10.1. The fourth-order valence-corrected chi connectivity index (χ4v) is 1.81. The van der Waals surface area contributed by atoms with Gasteiger partial charge in [-0.15, -0.1) is 0 Å². The molecule has 1 nitrogen and oxygen atoms in total. The summed E-state index contributed by atoms with van der Waals surface area (Å²) in [5.74, 6) is 0.921. The van der Waals surface area contributed by atoms with Crippen molar-refractivity contribution in [1.82, 2.24) is 0 Å².